The molecule has 1 aliphatic heterocycles. The van der Waals surface area contributed by atoms with Crippen LogP contribution in [-0.4, -0.2) is 11.5 Å². The summed E-state index contributed by atoms with van der Waals surface area (Å²) in [7, 11) is 0.547. The lowest BCUT2D eigenvalue weighted by molar-refractivity contribution is 0.626. The van der Waals surface area contributed by atoms with Crippen molar-refractivity contribution in [3.63, 3.8) is 0 Å². The van der Waals surface area contributed by atoms with E-state index in [9.17, 15) is 4.39 Å². The van der Waals surface area contributed by atoms with Gasteiger partial charge in [0.1, 0.15) is 23.1 Å². The lowest BCUT2D eigenvalue weighted by Gasteiger charge is -2.00. The fourth-order valence-electron chi connectivity index (χ4n) is 1.72. The molecule has 0 atom stereocenters. The van der Waals surface area contributed by atoms with Gasteiger partial charge in [0, 0.05) is 5.56 Å². The van der Waals surface area contributed by atoms with Crippen LogP contribution in [0.25, 0.3) is 0 Å². The zero-order valence-electron chi connectivity index (χ0n) is 7.63. The normalized spacial score (nSPS) is 17.9. The van der Waals surface area contributed by atoms with Crippen LogP contribution < -0.4 is 0 Å². The van der Waals surface area contributed by atoms with Gasteiger partial charge in [0.2, 0.25) is 0 Å². The second-order valence-corrected chi connectivity index (χ2v) is 5.83. The van der Waals surface area contributed by atoms with Gasteiger partial charge in [-0.3, -0.25) is 0 Å². The molecule has 1 aliphatic rings. The Kier molecular flexibility index (Phi) is 2.89. The zero-order valence-corrected chi connectivity index (χ0v) is 8.45. The van der Waals surface area contributed by atoms with E-state index in [0.29, 0.717) is 10.9 Å². The van der Waals surface area contributed by atoms with Crippen molar-refractivity contribution in [1.29, 1.82) is 0 Å². The molecule has 0 unspecified atom stereocenters. The number of benzene rings is 1. The van der Waals surface area contributed by atoms with E-state index in [1.807, 2.05) is 12.1 Å². The third-order valence-corrected chi connectivity index (χ3v) is 4.85. The summed E-state index contributed by atoms with van der Waals surface area (Å²) in [5.74, 6) is 3.71. The molecule has 1 heterocycles. The van der Waals surface area contributed by atoms with Gasteiger partial charge in [-0.15, -0.1) is 0 Å². The summed E-state index contributed by atoms with van der Waals surface area (Å²) in [6.07, 6.45) is 2.75. The Morgan fingerprint density at radius 1 is 1.23 bits per heavy atom. The monoisotopic (exact) mass is 197 g/mol. The van der Waals surface area contributed by atoms with E-state index in [1.54, 1.807) is 6.07 Å². The zero-order chi connectivity index (χ0) is 9.10. The molecular formula is C11H14FS+. The van der Waals surface area contributed by atoms with Gasteiger partial charge in [-0.05, 0) is 35.9 Å². The van der Waals surface area contributed by atoms with Crippen LogP contribution in [0.2, 0.25) is 0 Å². The van der Waals surface area contributed by atoms with Crippen molar-refractivity contribution in [2.75, 3.05) is 11.5 Å². The molecule has 0 N–H and O–H groups in total. The van der Waals surface area contributed by atoms with Crippen molar-refractivity contribution in [2.45, 2.75) is 18.6 Å². The maximum Gasteiger partial charge on any atom is 0.133 e. The summed E-state index contributed by atoms with van der Waals surface area (Å²) < 4.78 is 12.8. The minimum atomic E-state index is -0.0969. The fraction of sp³-hybridized carbons (Fsp3) is 0.455. The highest BCUT2D eigenvalue weighted by atomic mass is 32.2. The minimum Gasteiger partial charge on any atom is -0.207 e. The van der Waals surface area contributed by atoms with Gasteiger partial charge in [-0.2, -0.15) is 0 Å². The fourth-order valence-corrected chi connectivity index (χ4v) is 4.09. The van der Waals surface area contributed by atoms with E-state index < -0.39 is 0 Å². The van der Waals surface area contributed by atoms with Gasteiger partial charge in [0.05, 0.1) is 0 Å². The highest BCUT2D eigenvalue weighted by molar-refractivity contribution is 7.96. The molecule has 0 saturated carbocycles. The van der Waals surface area contributed by atoms with Crippen LogP contribution >= 0.6 is 0 Å². The van der Waals surface area contributed by atoms with E-state index in [-0.39, 0.29) is 5.82 Å². The molecule has 2 heteroatoms. The molecule has 1 fully saturated rings. The molecule has 0 spiro atoms. The van der Waals surface area contributed by atoms with Gasteiger partial charge in [0.25, 0.3) is 0 Å². The van der Waals surface area contributed by atoms with E-state index >= 15 is 0 Å². The lowest BCUT2D eigenvalue weighted by atomic mass is 10.2. The highest BCUT2D eigenvalue weighted by Gasteiger charge is 2.23. The molecule has 0 amide bonds. The van der Waals surface area contributed by atoms with E-state index in [2.05, 4.69) is 0 Å². The van der Waals surface area contributed by atoms with Crippen LogP contribution in [-0.2, 0) is 16.6 Å². The van der Waals surface area contributed by atoms with Crippen LogP contribution in [0, 0.1) is 5.82 Å². The molecule has 0 nitrogen and oxygen atoms in total. The van der Waals surface area contributed by atoms with Crippen molar-refractivity contribution in [2.24, 2.45) is 0 Å². The Morgan fingerprint density at radius 2 is 2.00 bits per heavy atom. The molecule has 0 aliphatic carbocycles. The summed E-state index contributed by atoms with van der Waals surface area (Å²) in [6.45, 7) is 0. The van der Waals surface area contributed by atoms with Crippen LogP contribution in [0.3, 0.4) is 0 Å². The van der Waals surface area contributed by atoms with E-state index in [4.69, 9.17) is 0 Å². The average molecular weight is 197 g/mol. The molecule has 70 valence electrons. The molecule has 0 radical (unpaired) electrons. The number of halogens is 1. The maximum absolute atomic E-state index is 12.8. The van der Waals surface area contributed by atoms with E-state index in [0.717, 1.165) is 5.75 Å². The first-order valence-electron chi connectivity index (χ1n) is 4.73. The van der Waals surface area contributed by atoms with Gasteiger partial charge in [-0.25, -0.2) is 4.39 Å². The summed E-state index contributed by atoms with van der Waals surface area (Å²) in [5.41, 5.74) is 1.17. The second-order valence-electron chi connectivity index (χ2n) is 3.50. The number of hydrogen-bond donors (Lipinski definition) is 0. The third kappa shape index (κ3) is 2.47. The van der Waals surface area contributed by atoms with Gasteiger partial charge in [0.15, 0.2) is 0 Å². The molecule has 1 saturated heterocycles. The summed E-state index contributed by atoms with van der Waals surface area (Å²) >= 11 is 0. The van der Waals surface area contributed by atoms with Crippen LogP contribution in [0.4, 0.5) is 4.39 Å². The van der Waals surface area contributed by atoms with Gasteiger partial charge < -0.3 is 0 Å². The molecule has 1 aromatic rings. The topological polar surface area (TPSA) is 0 Å². The standard InChI is InChI=1S/C11H14FS/c12-11-5-3-4-10(8-11)9-13-6-1-2-7-13/h3-5,8H,1-2,6-7,9H2/q+1. The van der Waals surface area contributed by atoms with Crippen LogP contribution in [0.5, 0.6) is 0 Å². The van der Waals surface area contributed by atoms with Crippen LogP contribution in [0.15, 0.2) is 24.3 Å². The lowest BCUT2D eigenvalue weighted by Crippen LogP contribution is -2.06. The molecule has 2 rings (SSSR count). The Hall–Kier alpha value is -0.500. The van der Waals surface area contributed by atoms with Crippen molar-refractivity contribution in [3.05, 3.63) is 35.6 Å². The predicted molar refractivity (Wildman–Crippen MR) is 56.4 cm³/mol. The van der Waals surface area contributed by atoms with Crippen molar-refractivity contribution in [3.8, 4) is 0 Å². The largest absolute Gasteiger partial charge is 0.207 e. The number of rotatable bonds is 2. The summed E-state index contributed by atoms with van der Waals surface area (Å²) in [5, 5.41) is 0. The SMILES string of the molecule is Fc1cccc(C[S+]2CCCC2)c1. The Bertz CT molecular complexity index is 279. The highest BCUT2D eigenvalue weighted by Crippen LogP contribution is 2.18. The molecule has 1 aromatic carbocycles. The van der Waals surface area contributed by atoms with E-state index in [1.165, 1.54) is 36.0 Å². The van der Waals surface area contributed by atoms with Gasteiger partial charge >= 0.3 is 0 Å². The Labute approximate surface area is 81.5 Å². The minimum absolute atomic E-state index is 0.0969. The number of hydrogen-bond acceptors (Lipinski definition) is 0. The average Bonchev–Trinajstić information content (AvgIpc) is 2.57. The quantitative estimate of drug-likeness (QED) is 0.639. The molecular weight excluding hydrogens is 183 g/mol. The Morgan fingerprint density at radius 3 is 2.69 bits per heavy atom. The molecule has 13 heavy (non-hydrogen) atoms. The maximum atomic E-state index is 12.8. The molecule has 0 aromatic heterocycles. The second kappa shape index (κ2) is 4.14. The Balaban J connectivity index is 2.00. The first-order valence-corrected chi connectivity index (χ1v) is 6.46. The van der Waals surface area contributed by atoms with Crippen molar-refractivity contribution < 1.29 is 4.39 Å². The predicted octanol–water partition coefficient (Wildman–Crippen LogP) is 2.74. The summed E-state index contributed by atoms with van der Waals surface area (Å²) in [4.78, 5) is 0. The third-order valence-electron chi connectivity index (χ3n) is 2.38. The molecule has 0 bridgehead atoms. The summed E-state index contributed by atoms with van der Waals surface area (Å²) in [6, 6.07) is 7.03. The smallest absolute Gasteiger partial charge is 0.133 e. The first kappa shape index (κ1) is 9.07. The van der Waals surface area contributed by atoms with Crippen LogP contribution in [0.1, 0.15) is 18.4 Å². The van der Waals surface area contributed by atoms with Gasteiger partial charge in [-0.1, -0.05) is 12.1 Å². The first-order chi connectivity index (χ1) is 6.34. The van der Waals surface area contributed by atoms with Crippen molar-refractivity contribution in [1.82, 2.24) is 0 Å². The van der Waals surface area contributed by atoms with Crippen molar-refractivity contribution >= 4 is 10.9 Å².